The number of benzene rings is 2. The standard InChI is InChI=1S/C31H33Cl2N3O5S/c1-31(17-28(37)38)16-26(22-5-3-6-24(33)15-22)29(21-10-12-23(32)13-11-21)36(30(31)39)27(20-8-9-20)19-35(42(2,40)41)25-7-4-14-34-18-25/h3-7,10-15,18,20,26-27,29H,8-9,16-17,19H2,1-2H3,(H,37,38)/t26-,27-,29?,31-/m1/s1. The monoisotopic (exact) mass is 629 g/mol. The second kappa shape index (κ2) is 11.9. The van der Waals surface area contributed by atoms with Crippen molar-refractivity contribution in [1.82, 2.24) is 9.88 Å². The lowest BCUT2D eigenvalue weighted by atomic mass is 9.67. The number of rotatable bonds is 10. The highest BCUT2D eigenvalue weighted by Gasteiger charge is 2.55. The fraction of sp³-hybridized carbons (Fsp3) is 0.387. The van der Waals surface area contributed by atoms with Crippen LogP contribution in [0.5, 0.6) is 0 Å². The van der Waals surface area contributed by atoms with Crippen molar-refractivity contribution >= 4 is 50.8 Å². The number of aliphatic carboxylic acids is 1. The maximum atomic E-state index is 14.6. The molecule has 0 bridgehead atoms. The molecule has 1 N–H and O–H groups in total. The fourth-order valence-electron chi connectivity index (χ4n) is 6.29. The quantitative estimate of drug-likeness (QED) is 0.287. The second-order valence-electron chi connectivity index (χ2n) is 11.6. The van der Waals surface area contributed by atoms with E-state index < -0.39 is 33.5 Å². The molecule has 0 spiro atoms. The molecule has 2 heterocycles. The number of hydrogen-bond donors (Lipinski definition) is 1. The SMILES string of the molecule is C[C@]1(CC(=O)O)C[C@H](c2cccc(Cl)c2)C(c2ccc(Cl)cc2)N([C@H](CN(c2cccnc2)S(C)(=O)=O)C2CC2)C1=O. The first kappa shape index (κ1) is 30.3. The number of carboxylic acid groups (broad SMARTS) is 1. The number of carbonyl (C=O) groups is 2. The summed E-state index contributed by atoms with van der Waals surface area (Å²) >= 11 is 12.7. The molecule has 42 heavy (non-hydrogen) atoms. The number of carbonyl (C=O) groups excluding carboxylic acids is 1. The molecule has 0 radical (unpaired) electrons. The van der Waals surface area contributed by atoms with Crippen molar-refractivity contribution in [3.05, 3.63) is 94.2 Å². The van der Waals surface area contributed by atoms with Crippen LogP contribution in [0.25, 0.3) is 0 Å². The van der Waals surface area contributed by atoms with Crippen molar-refractivity contribution in [3.63, 3.8) is 0 Å². The number of aromatic nitrogens is 1. The Kier molecular flexibility index (Phi) is 8.56. The third kappa shape index (κ3) is 6.43. The number of pyridine rings is 1. The molecule has 2 aliphatic rings. The van der Waals surface area contributed by atoms with Crippen LogP contribution in [0.2, 0.25) is 10.0 Å². The van der Waals surface area contributed by atoms with Crippen LogP contribution in [0.15, 0.2) is 73.1 Å². The molecule has 1 unspecified atom stereocenters. The predicted molar refractivity (Wildman–Crippen MR) is 163 cm³/mol. The van der Waals surface area contributed by atoms with E-state index in [4.69, 9.17) is 23.2 Å². The van der Waals surface area contributed by atoms with Crippen LogP contribution in [0.3, 0.4) is 0 Å². The Morgan fingerprint density at radius 2 is 1.81 bits per heavy atom. The van der Waals surface area contributed by atoms with Crippen LogP contribution in [-0.4, -0.2) is 54.1 Å². The molecule has 1 aromatic heterocycles. The van der Waals surface area contributed by atoms with Crippen LogP contribution in [0.1, 0.15) is 55.7 Å². The zero-order valence-electron chi connectivity index (χ0n) is 23.4. The van der Waals surface area contributed by atoms with Gasteiger partial charge in [-0.1, -0.05) is 54.4 Å². The van der Waals surface area contributed by atoms with E-state index >= 15 is 0 Å². The summed E-state index contributed by atoms with van der Waals surface area (Å²) in [5.74, 6) is -1.66. The Balaban J connectivity index is 1.70. The Morgan fingerprint density at radius 3 is 2.38 bits per heavy atom. The molecule has 1 amide bonds. The van der Waals surface area contributed by atoms with Gasteiger partial charge in [0.25, 0.3) is 0 Å². The minimum Gasteiger partial charge on any atom is -0.481 e. The van der Waals surface area contributed by atoms with Gasteiger partial charge in [0.1, 0.15) is 0 Å². The van der Waals surface area contributed by atoms with Crippen molar-refractivity contribution in [2.45, 2.75) is 50.6 Å². The van der Waals surface area contributed by atoms with E-state index in [9.17, 15) is 23.1 Å². The topological polar surface area (TPSA) is 108 Å². The number of sulfonamides is 1. The lowest BCUT2D eigenvalue weighted by Gasteiger charge is -2.52. The van der Waals surface area contributed by atoms with Crippen molar-refractivity contribution in [3.8, 4) is 0 Å². The summed E-state index contributed by atoms with van der Waals surface area (Å²) in [5, 5.41) is 11.0. The molecule has 2 aromatic carbocycles. The Bertz CT molecular complexity index is 1570. The van der Waals surface area contributed by atoms with E-state index in [1.807, 2.05) is 30.3 Å². The van der Waals surface area contributed by atoms with Crippen LogP contribution in [-0.2, 0) is 19.6 Å². The third-order valence-corrected chi connectivity index (χ3v) is 9.99. The van der Waals surface area contributed by atoms with E-state index in [0.29, 0.717) is 15.7 Å². The van der Waals surface area contributed by atoms with Gasteiger partial charge in [0, 0.05) is 22.2 Å². The largest absolute Gasteiger partial charge is 0.481 e. The molecule has 2 fully saturated rings. The van der Waals surface area contributed by atoms with Crippen molar-refractivity contribution in [1.29, 1.82) is 0 Å². The molecular weight excluding hydrogens is 597 g/mol. The maximum Gasteiger partial charge on any atom is 0.304 e. The molecule has 1 saturated heterocycles. The number of piperidine rings is 1. The van der Waals surface area contributed by atoms with Gasteiger partial charge in [-0.15, -0.1) is 0 Å². The first-order chi connectivity index (χ1) is 19.9. The predicted octanol–water partition coefficient (Wildman–Crippen LogP) is 6.17. The van der Waals surface area contributed by atoms with Crippen molar-refractivity contribution in [2.24, 2.45) is 11.3 Å². The summed E-state index contributed by atoms with van der Waals surface area (Å²) in [5.41, 5.74) is 0.864. The summed E-state index contributed by atoms with van der Waals surface area (Å²) in [7, 11) is -3.76. The first-order valence-electron chi connectivity index (χ1n) is 13.8. The van der Waals surface area contributed by atoms with Crippen molar-refractivity contribution in [2.75, 3.05) is 17.1 Å². The van der Waals surface area contributed by atoms with Gasteiger partial charge in [-0.25, -0.2) is 8.42 Å². The van der Waals surface area contributed by atoms with Crippen LogP contribution >= 0.6 is 23.2 Å². The van der Waals surface area contributed by atoms with Gasteiger partial charge in [-0.3, -0.25) is 18.9 Å². The first-order valence-corrected chi connectivity index (χ1v) is 16.4. The zero-order valence-corrected chi connectivity index (χ0v) is 25.7. The highest BCUT2D eigenvalue weighted by atomic mass is 35.5. The third-order valence-electron chi connectivity index (χ3n) is 8.34. The molecule has 1 aliphatic carbocycles. The minimum absolute atomic E-state index is 0.0104. The van der Waals surface area contributed by atoms with Gasteiger partial charge in [0.15, 0.2) is 0 Å². The van der Waals surface area contributed by atoms with E-state index in [2.05, 4.69) is 4.98 Å². The van der Waals surface area contributed by atoms with Crippen LogP contribution in [0, 0.1) is 11.3 Å². The summed E-state index contributed by atoms with van der Waals surface area (Å²) in [6, 6.07) is 17.0. The second-order valence-corrected chi connectivity index (χ2v) is 14.4. The van der Waals surface area contributed by atoms with E-state index in [1.165, 1.54) is 10.5 Å². The maximum absolute atomic E-state index is 14.6. The number of amides is 1. The molecule has 4 atom stereocenters. The van der Waals surface area contributed by atoms with Gasteiger partial charge in [-0.05, 0) is 72.7 Å². The number of likely N-dealkylation sites (tertiary alicyclic amines) is 1. The Hall–Kier alpha value is -3.14. The lowest BCUT2D eigenvalue weighted by Crippen LogP contribution is -2.59. The highest BCUT2D eigenvalue weighted by Crippen LogP contribution is 2.54. The molecule has 11 heteroatoms. The normalized spacial score (nSPS) is 23.4. The van der Waals surface area contributed by atoms with Gasteiger partial charge in [-0.2, -0.15) is 0 Å². The van der Waals surface area contributed by atoms with E-state index in [1.54, 1.807) is 48.4 Å². The lowest BCUT2D eigenvalue weighted by molar-refractivity contribution is -0.160. The number of anilines is 1. The number of nitrogens with zero attached hydrogens (tertiary/aromatic N) is 3. The highest BCUT2D eigenvalue weighted by molar-refractivity contribution is 7.92. The number of carboxylic acids is 1. The Labute approximate surface area is 256 Å². The Morgan fingerprint density at radius 1 is 1.10 bits per heavy atom. The summed E-state index contributed by atoms with van der Waals surface area (Å²) in [4.78, 5) is 32.7. The van der Waals surface area contributed by atoms with Gasteiger partial charge < -0.3 is 10.0 Å². The molecule has 1 saturated carbocycles. The molecule has 8 nitrogen and oxygen atoms in total. The summed E-state index contributed by atoms with van der Waals surface area (Å²) in [6.45, 7) is 1.71. The molecule has 5 rings (SSSR count). The average molecular weight is 631 g/mol. The average Bonchev–Trinajstić information content (AvgIpc) is 3.76. The molecular formula is C31H33Cl2N3O5S. The summed E-state index contributed by atoms with van der Waals surface area (Å²) < 4.78 is 27.6. The molecule has 222 valence electrons. The zero-order chi connectivity index (χ0) is 30.2. The number of hydrogen-bond acceptors (Lipinski definition) is 5. The van der Waals surface area contributed by atoms with Gasteiger partial charge in [0.2, 0.25) is 15.9 Å². The number of halogens is 2. The molecule has 3 aromatic rings. The fourth-order valence-corrected chi connectivity index (χ4v) is 7.53. The molecule has 1 aliphatic heterocycles. The smallest absolute Gasteiger partial charge is 0.304 e. The summed E-state index contributed by atoms with van der Waals surface area (Å²) in [6.07, 6.45) is 5.76. The van der Waals surface area contributed by atoms with Crippen molar-refractivity contribution < 1.29 is 23.1 Å². The minimum atomic E-state index is -3.76. The van der Waals surface area contributed by atoms with Crippen LogP contribution in [0.4, 0.5) is 5.69 Å². The van der Waals surface area contributed by atoms with Gasteiger partial charge in [0.05, 0.1) is 48.6 Å². The van der Waals surface area contributed by atoms with Gasteiger partial charge >= 0.3 is 5.97 Å². The van der Waals surface area contributed by atoms with Crippen LogP contribution < -0.4 is 4.31 Å². The van der Waals surface area contributed by atoms with E-state index in [-0.39, 0.29) is 37.1 Å². The van der Waals surface area contributed by atoms with E-state index in [0.717, 1.165) is 30.2 Å².